The van der Waals surface area contributed by atoms with Gasteiger partial charge in [-0.1, -0.05) is 12.8 Å². The highest BCUT2D eigenvalue weighted by atomic mass is 32.2. The zero-order valence-electron chi connectivity index (χ0n) is 10.7. The average Bonchev–Trinajstić information content (AvgIpc) is 2.82. The number of hydrogen-bond donors (Lipinski definition) is 1. The molecule has 0 aromatic heterocycles. The Labute approximate surface area is 111 Å². The number of hydroxylamine groups is 2. The van der Waals surface area contributed by atoms with E-state index in [4.69, 9.17) is 10.0 Å². The molecule has 1 atom stereocenters. The molecule has 2 rings (SSSR count). The third-order valence-electron chi connectivity index (χ3n) is 3.26. The number of nitrogens with two attached hydrogens (primary N) is 1. The predicted octanol–water partition coefficient (Wildman–Crippen LogP) is 2.35. The van der Waals surface area contributed by atoms with E-state index < -0.39 is 11.1 Å². The van der Waals surface area contributed by atoms with Gasteiger partial charge in [0.2, 0.25) is 11.1 Å². The van der Waals surface area contributed by atoms with Crippen LogP contribution >= 0.6 is 0 Å². The summed E-state index contributed by atoms with van der Waals surface area (Å²) in [5.41, 5.74) is 6.25. The second kappa shape index (κ2) is 6.31. The summed E-state index contributed by atoms with van der Waals surface area (Å²) in [7, 11) is 1.84. The summed E-state index contributed by atoms with van der Waals surface area (Å²) in [6, 6.07) is 6.92. The molecule has 0 bridgehead atoms. The molecule has 2 N–H and O–H groups in total. The lowest BCUT2D eigenvalue weighted by Gasteiger charge is -2.18. The molecule has 1 unspecified atom stereocenters. The third-order valence-corrected chi connectivity index (χ3v) is 4.30. The van der Waals surface area contributed by atoms with Gasteiger partial charge in [0, 0.05) is 19.3 Å². The zero-order valence-corrected chi connectivity index (χ0v) is 11.5. The van der Waals surface area contributed by atoms with Crippen molar-refractivity contribution < 1.29 is 8.49 Å². The van der Waals surface area contributed by atoms with Gasteiger partial charge in [-0.25, -0.2) is 4.21 Å². The molecule has 1 fully saturated rings. The Morgan fingerprint density at radius 3 is 2.56 bits per heavy atom. The van der Waals surface area contributed by atoms with Crippen LogP contribution in [0.4, 0.5) is 5.69 Å². The largest absolute Gasteiger partial charge is 0.399 e. The van der Waals surface area contributed by atoms with Crippen LogP contribution in [-0.4, -0.2) is 22.9 Å². The van der Waals surface area contributed by atoms with Gasteiger partial charge in [-0.2, -0.15) is 9.35 Å². The van der Waals surface area contributed by atoms with Gasteiger partial charge in [-0.3, -0.25) is 0 Å². The fourth-order valence-corrected chi connectivity index (χ4v) is 3.06. The number of rotatable bonds is 5. The summed E-state index contributed by atoms with van der Waals surface area (Å²) in [6.07, 6.45) is 5.11. The summed E-state index contributed by atoms with van der Waals surface area (Å²) >= 11 is -1.45. The van der Waals surface area contributed by atoms with Crippen LogP contribution in [0.1, 0.15) is 25.7 Å². The number of anilines is 1. The normalized spacial score (nSPS) is 18.3. The van der Waals surface area contributed by atoms with Crippen LogP contribution in [0.15, 0.2) is 29.2 Å². The van der Waals surface area contributed by atoms with Crippen LogP contribution in [0.2, 0.25) is 0 Å². The Balaban J connectivity index is 1.84. The van der Waals surface area contributed by atoms with E-state index >= 15 is 0 Å². The first-order chi connectivity index (χ1) is 8.65. The molecule has 0 heterocycles. The molecular formula is C13H20N2O2S. The van der Waals surface area contributed by atoms with Crippen molar-refractivity contribution in [2.45, 2.75) is 30.6 Å². The number of benzene rings is 1. The monoisotopic (exact) mass is 268 g/mol. The lowest BCUT2D eigenvalue weighted by atomic mass is 10.1. The summed E-state index contributed by atoms with van der Waals surface area (Å²) in [5.74, 6) is 0.679. The van der Waals surface area contributed by atoms with Gasteiger partial charge in [0.15, 0.2) is 0 Å². The van der Waals surface area contributed by atoms with E-state index in [0.29, 0.717) is 16.5 Å². The summed E-state index contributed by atoms with van der Waals surface area (Å²) < 4.78 is 17.3. The molecule has 1 saturated carbocycles. The highest BCUT2D eigenvalue weighted by Crippen LogP contribution is 2.25. The number of hydrogen-bond acceptors (Lipinski definition) is 4. The topological polar surface area (TPSA) is 55.6 Å². The molecule has 4 nitrogen and oxygen atoms in total. The van der Waals surface area contributed by atoms with Crippen molar-refractivity contribution in [1.29, 1.82) is 0 Å². The van der Waals surface area contributed by atoms with Crippen LogP contribution in [0.3, 0.4) is 0 Å². The van der Waals surface area contributed by atoms with Crippen LogP contribution in [0.5, 0.6) is 0 Å². The van der Waals surface area contributed by atoms with Crippen molar-refractivity contribution in [1.82, 2.24) is 5.06 Å². The van der Waals surface area contributed by atoms with E-state index in [1.54, 1.807) is 29.3 Å². The van der Waals surface area contributed by atoms with Crippen LogP contribution in [0, 0.1) is 5.92 Å². The Kier molecular flexibility index (Phi) is 4.74. The van der Waals surface area contributed by atoms with Crippen LogP contribution in [-0.2, 0) is 15.4 Å². The van der Waals surface area contributed by atoms with Crippen molar-refractivity contribution in [2.75, 3.05) is 19.3 Å². The van der Waals surface area contributed by atoms with Crippen LogP contribution in [0.25, 0.3) is 0 Å². The van der Waals surface area contributed by atoms with Gasteiger partial charge in [-0.05, 0) is 43.0 Å². The summed E-state index contributed by atoms with van der Waals surface area (Å²) in [4.78, 5) is 0.641. The van der Waals surface area contributed by atoms with Crippen LogP contribution < -0.4 is 5.73 Å². The molecule has 1 aromatic carbocycles. The second-order valence-electron chi connectivity index (χ2n) is 4.84. The Morgan fingerprint density at radius 2 is 1.94 bits per heavy atom. The molecule has 5 heteroatoms. The van der Waals surface area contributed by atoms with Crippen molar-refractivity contribution in [3.63, 3.8) is 0 Å². The van der Waals surface area contributed by atoms with Gasteiger partial charge >= 0.3 is 0 Å². The minimum atomic E-state index is -1.45. The molecule has 0 saturated heterocycles. The van der Waals surface area contributed by atoms with Crippen molar-refractivity contribution in [3.8, 4) is 0 Å². The highest BCUT2D eigenvalue weighted by Gasteiger charge is 2.18. The lowest BCUT2D eigenvalue weighted by Crippen LogP contribution is -2.25. The Hall–Kier alpha value is -0.910. The van der Waals surface area contributed by atoms with Gasteiger partial charge < -0.3 is 5.73 Å². The van der Waals surface area contributed by atoms with Crippen molar-refractivity contribution >= 4 is 16.8 Å². The third kappa shape index (κ3) is 3.80. The van der Waals surface area contributed by atoms with Gasteiger partial charge in [-0.15, -0.1) is 0 Å². The predicted molar refractivity (Wildman–Crippen MR) is 72.9 cm³/mol. The molecule has 18 heavy (non-hydrogen) atoms. The Morgan fingerprint density at radius 1 is 1.33 bits per heavy atom. The standard InChI is InChI=1S/C13H20N2O2S/c1-15(10-11-4-2-3-5-11)17-18(16)13-8-6-12(14)7-9-13/h6-9,11H,2-5,10,14H2,1H3. The van der Waals surface area contributed by atoms with E-state index in [1.165, 1.54) is 25.7 Å². The fraction of sp³-hybridized carbons (Fsp3) is 0.538. The minimum Gasteiger partial charge on any atom is -0.399 e. The van der Waals surface area contributed by atoms with Gasteiger partial charge in [0.1, 0.15) is 0 Å². The van der Waals surface area contributed by atoms with Crippen molar-refractivity contribution in [3.05, 3.63) is 24.3 Å². The maximum atomic E-state index is 11.9. The summed E-state index contributed by atoms with van der Waals surface area (Å²) in [5, 5.41) is 1.70. The first-order valence-electron chi connectivity index (χ1n) is 6.32. The molecule has 0 aliphatic heterocycles. The molecule has 0 spiro atoms. The van der Waals surface area contributed by atoms with E-state index in [-0.39, 0.29) is 0 Å². The highest BCUT2D eigenvalue weighted by molar-refractivity contribution is 7.80. The van der Waals surface area contributed by atoms with Gasteiger partial charge in [0.25, 0.3) is 0 Å². The number of nitrogens with zero attached hydrogens (tertiary/aromatic N) is 1. The molecule has 0 radical (unpaired) electrons. The van der Waals surface area contributed by atoms with E-state index in [1.807, 2.05) is 7.05 Å². The van der Waals surface area contributed by atoms with E-state index in [9.17, 15) is 4.21 Å². The maximum absolute atomic E-state index is 11.9. The molecular weight excluding hydrogens is 248 g/mol. The van der Waals surface area contributed by atoms with Gasteiger partial charge in [0.05, 0.1) is 4.90 Å². The quantitative estimate of drug-likeness (QED) is 0.658. The molecule has 100 valence electrons. The summed E-state index contributed by atoms with van der Waals surface area (Å²) in [6.45, 7) is 0.848. The molecule has 1 aliphatic rings. The van der Waals surface area contributed by atoms with E-state index in [2.05, 4.69) is 0 Å². The first-order valence-corrected chi connectivity index (χ1v) is 7.39. The first kappa shape index (κ1) is 13.5. The fourth-order valence-electron chi connectivity index (χ4n) is 2.32. The van der Waals surface area contributed by atoms with E-state index in [0.717, 1.165) is 6.54 Å². The van der Waals surface area contributed by atoms with Crippen molar-refractivity contribution in [2.24, 2.45) is 5.92 Å². The average molecular weight is 268 g/mol. The zero-order chi connectivity index (χ0) is 13.0. The minimum absolute atomic E-state index is 0.641. The SMILES string of the molecule is CN(CC1CCCC1)OS(=O)c1ccc(N)cc1. The molecule has 0 amide bonds. The smallest absolute Gasteiger partial charge is 0.206 e. The second-order valence-corrected chi connectivity index (χ2v) is 5.93. The Bertz CT molecular complexity index is 402. The lowest BCUT2D eigenvalue weighted by molar-refractivity contribution is -0.0293. The maximum Gasteiger partial charge on any atom is 0.206 e. The molecule has 1 aromatic rings. The molecule has 1 aliphatic carbocycles. The number of nitrogen functional groups attached to an aromatic ring is 1.